The van der Waals surface area contributed by atoms with Gasteiger partial charge >= 0.3 is 5.97 Å². The van der Waals surface area contributed by atoms with E-state index < -0.39 is 5.97 Å². The largest absolute Gasteiger partial charge is 0.493 e. The highest BCUT2D eigenvalue weighted by molar-refractivity contribution is 8.00. The molecule has 2 aromatic carbocycles. The molecule has 118 valence electrons. The molecule has 0 unspecified atom stereocenters. The van der Waals surface area contributed by atoms with Crippen LogP contribution in [0.3, 0.4) is 0 Å². The molecular formula is C16H11Cl2NO3S. The van der Waals surface area contributed by atoms with Crippen LogP contribution < -0.4 is 9.47 Å². The molecule has 0 N–H and O–H groups in total. The van der Waals surface area contributed by atoms with Crippen LogP contribution in [0.5, 0.6) is 11.5 Å². The first-order valence-electron chi connectivity index (χ1n) is 6.40. The Bertz CT molecular complexity index is 774. The molecule has 4 nitrogen and oxygen atoms in total. The van der Waals surface area contributed by atoms with Crippen molar-refractivity contribution in [1.29, 1.82) is 5.26 Å². The van der Waals surface area contributed by atoms with Crippen LogP contribution in [0.2, 0.25) is 10.0 Å². The van der Waals surface area contributed by atoms with E-state index in [1.807, 2.05) is 6.07 Å². The number of hydrogen-bond donors (Lipinski definition) is 0. The van der Waals surface area contributed by atoms with Gasteiger partial charge in [0.2, 0.25) is 0 Å². The summed E-state index contributed by atoms with van der Waals surface area (Å²) in [5, 5.41) is 9.91. The first-order valence-corrected chi connectivity index (χ1v) is 8.14. The molecule has 0 aliphatic carbocycles. The van der Waals surface area contributed by atoms with E-state index in [2.05, 4.69) is 0 Å². The summed E-state index contributed by atoms with van der Waals surface area (Å²) in [5.41, 5.74) is 0.418. The van der Waals surface area contributed by atoms with Gasteiger partial charge in [-0.3, -0.25) is 4.79 Å². The fraction of sp³-hybridized carbons (Fsp3) is 0.125. The molecule has 0 heterocycles. The van der Waals surface area contributed by atoms with Crippen molar-refractivity contribution in [2.45, 2.75) is 4.90 Å². The number of thioether (sulfide) groups is 1. The van der Waals surface area contributed by atoms with E-state index in [0.717, 1.165) is 0 Å². The number of carbonyl (C=O) groups excluding carboxylic acids is 1. The zero-order chi connectivity index (χ0) is 16.8. The van der Waals surface area contributed by atoms with Gasteiger partial charge < -0.3 is 9.47 Å². The van der Waals surface area contributed by atoms with Gasteiger partial charge in [-0.05, 0) is 30.3 Å². The number of halogens is 2. The molecule has 23 heavy (non-hydrogen) atoms. The summed E-state index contributed by atoms with van der Waals surface area (Å²) in [7, 11) is 1.44. The number of esters is 1. The van der Waals surface area contributed by atoms with Crippen molar-refractivity contribution >= 4 is 40.9 Å². The fourth-order valence-corrected chi connectivity index (χ4v) is 2.96. The second kappa shape index (κ2) is 8.11. The highest BCUT2D eigenvalue weighted by Gasteiger charge is 2.12. The van der Waals surface area contributed by atoms with Gasteiger partial charge in [-0.1, -0.05) is 23.2 Å². The van der Waals surface area contributed by atoms with Crippen LogP contribution in [0, 0.1) is 11.3 Å². The monoisotopic (exact) mass is 367 g/mol. The lowest BCUT2D eigenvalue weighted by molar-refractivity contribution is -0.131. The molecular weight excluding hydrogens is 357 g/mol. The Morgan fingerprint density at radius 1 is 1.22 bits per heavy atom. The zero-order valence-electron chi connectivity index (χ0n) is 12.0. The third kappa shape index (κ3) is 4.80. The van der Waals surface area contributed by atoms with Crippen molar-refractivity contribution in [2.75, 3.05) is 12.9 Å². The Kier molecular flexibility index (Phi) is 6.17. The van der Waals surface area contributed by atoms with Crippen molar-refractivity contribution in [3.63, 3.8) is 0 Å². The quantitative estimate of drug-likeness (QED) is 0.440. The third-order valence-corrected chi connectivity index (χ3v) is 4.46. The van der Waals surface area contributed by atoms with Crippen molar-refractivity contribution in [3.05, 3.63) is 52.0 Å². The molecule has 7 heteroatoms. The van der Waals surface area contributed by atoms with Gasteiger partial charge in [0.25, 0.3) is 0 Å². The minimum Gasteiger partial charge on any atom is -0.493 e. The average molecular weight is 368 g/mol. The van der Waals surface area contributed by atoms with Gasteiger partial charge in [-0.15, -0.1) is 11.8 Å². The number of nitriles is 1. The Labute approximate surface area is 147 Å². The number of benzene rings is 2. The van der Waals surface area contributed by atoms with Gasteiger partial charge in [0.15, 0.2) is 11.5 Å². The van der Waals surface area contributed by atoms with Crippen molar-refractivity contribution in [3.8, 4) is 17.6 Å². The van der Waals surface area contributed by atoms with Gasteiger partial charge in [0, 0.05) is 16.0 Å². The predicted molar refractivity (Wildman–Crippen MR) is 90.5 cm³/mol. The summed E-state index contributed by atoms with van der Waals surface area (Å²) in [6, 6.07) is 11.6. The maximum absolute atomic E-state index is 12.0. The Morgan fingerprint density at radius 2 is 2.00 bits per heavy atom. The van der Waals surface area contributed by atoms with Crippen molar-refractivity contribution in [2.24, 2.45) is 0 Å². The SMILES string of the molecule is COc1cc(C#N)ccc1OC(=O)CSc1cc(Cl)ccc1Cl. The summed E-state index contributed by atoms with van der Waals surface area (Å²) in [4.78, 5) is 12.7. The molecule has 0 bridgehead atoms. The second-order valence-electron chi connectivity index (χ2n) is 4.31. The summed E-state index contributed by atoms with van der Waals surface area (Å²) in [6.45, 7) is 0. The lowest BCUT2D eigenvalue weighted by Crippen LogP contribution is -2.11. The standard InChI is InChI=1S/C16H11Cl2NO3S/c1-21-14-6-10(8-19)2-5-13(14)22-16(20)9-23-15-7-11(17)3-4-12(15)18/h2-7H,9H2,1H3. The van der Waals surface area contributed by atoms with Crippen LogP contribution in [0.25, 0.3) is 0 Å². The third-order valence-electron chi connectivity index (χ3n) is 2.76. The van der Waals surface area contributed by atoms with Gasteiger partial charge in [0.1, 0.15) is 0 Å². The molecule has 0 saturated carbocycles. The van der Waals surface area contributed by atoms with E-state index >= 15 is 0 Å². The fourth-order valence-electron chi connectivity index (χ4n) is 1.70. The van der Waals surface area contributed by atoms with E-state index in [1.54, 1.807) is 24.3 Å². The molecule has 0 spiro atoms. The topological polar surface area (TPSA) is 59.3 Å². The summed E-state index contributed by atoms with van der Waals surface area (Å²) in [5.74, 6) is 0.176. The van der Waals surface area contributed by atoms with E-state index in [4.69, 9.17) is 37.9 Å². The minimum absolute atomic E-state index is 0.0587. The first-order chi connectivity index (χ1) is 11.0. The Balaban J connectivity index is 2.03. The minimum atomic E-state index is -0.464. The first kappa shape index (κ1) is 17.5. The highest BCUT2D eigenvalue weighted by Crippen LogP contribution is 2.31. The van der Waals surface area contributed by atoms with E-state index in [-0.39, 0.29) is 11.5 Å². The number of ether oxygens (including phenoxy) is 2. The maximum atomic E-state index is 12.0. The molecule has 0 fully saturated rings. The second-order valence-corrected chi connectivity index (χ2v) is 6.18. The molecule has 0 saturated heterocycles. The van der Waals surface area contributed by atoms with E-state index in [1.165, 1.54) is 31.0 Å². The molecule has 0 aliphatic heterocycles. The molecule has 2 rings (SSSR count). The molecule has 0 atom stereocenters. The smallest absolute Gasteiger partial charge is 0.321 e. The van der Waals surface area contributed by atoms with Crippen LogP contribution in [-0.2, 0) is 4.79 Å². The number of carbonyl (C=O) groups is 1. The van der Waals surface area contributed by atoms with E-state index in [9.17, 15) is 4.79 Å². The Hall–Kier alpha value is -1.87. The highest BCUT2D eigenvalue weighted by atomic mass is 35.5. The van der Waals surface area contributed by atoms with Gasteiger partial charge in [0.05, 0.1) is 29.5 Å². The van der Waals surface area contributed by atoms with Crippen LogP contribution in [0.4, 0.5) is 0 Å². The maximum Gasteiger partial charge on any atom is 0.321 e. The molecule has 0 aliphatic rings. The molecule has 0 radical (unpaired) electrons. The van der Waals surface area contributed by atoms with Crippen LogP contribution >= 0.6 is 35.0 Å². The summed E-state index contributed by atoms with van der Waals surface area (Å²) < 4.78 is 10.4. The number of hydrogen-bond acceptors (Lipinski definition) is 5. The predicted octanol–water partition coefficient (Wildman–Crippen LogP) is 4.57. The number of rotatable bonds is 5. The normalized spacial score (nSPS) is 10.0. The lowest BCUT2D eigenvalue weighted by atomic mass is 10.2. The number of nitrogens with zero attached hydrogens (tertiary/aromatic N) is 1. The molecule has 2 aromatic rings. The van der Waals surface area contributed by atoms with Crippen molar-refractivity contribution in [1.82, 2.24) is 0 Å². The van der Waals surface area contributed by atoms with Crippen LogP contribution in [0.1, 0.15) is 5.56 Å². The molecule has 0 amide bonds. The van der Waals surface area contributed by atoms with E-state index in [0.29, 0.717) is 26.3 Å². The summed E-state index contributed by atoms with van der Waals surface area (Å²) >= 11 is 13.2. The number of methoxy groups -OCH3 is 1. The average Bonchev–Trinajstić information content (AvgIpc) is 2.56. The molecule has 0 aromatic heterocycles. The zero-order valence-corrected chi connectivity index (χ0v) is 14.3. The van der Waals surface area contributed by atoms with Crippen LogP contribution in [-0.4, -0.2) is 18.8 Å². The summed E-state index contributed by atoms with van der Waals surface area (Å²) in [6.07, 6.45) is 0. The van der Waals surface area contributed by atoms with Crippen molar-refractivity contribution < 1.29 is 14.3 Å². The Morgan fingerprint density at radius 3 is 2.70 bits per heavy atom. The lowest BCUT2D eigenvalue weighted by Gasteiger charge is -2.09. The van der Waals surface area contributed by atoms with Gasteiger partial charge in [-0.2, -0.15) is 5.26 Å². The van der Waals surface area contributed by atoms with Crippen LogP contribution in [0.15, 0.2) is 41.3 Å². The van der Waals surface area contributed by atoms with Gasteiger partial charge in [-0.25, -0.2) is 0 Å².